The molecular weight excluding hydrogens is 392 g/mol. The molecule has 4 rings (SSSR count). The van der Waals surface area contributed by atoms with Crippen LogP contribution in [-0.4, -0.2) is 56.5 Å². The summed E-state index contributed by atoms with van der Waals surface area (Å²) in [5.41, 5.74) is 1.27. The summed E-state index contributed by atoms with van der Waals surface area (Å²) < 4.78 is 5.21. The molecule has 2 bridgehead atoms. The second kappa shape index (κ2) is 9.12. The predicted molar refractivity (Wildman–Crippen MR) is 120 cm³/mol. The van der Waals surface area contributed by atoms with E-state index >= 15 is 0 Å². The number of likely N-dealkylation sites (tertiary alicyclic amines) is 1. The normalized spacial score (nSPS) is 27.6. The summed E-state index contributed by atoms with van der Waals surface area (Å²) in [6.45, 7) is 3.84. The Kier molecular flexibility index (Phi) is 6.30. The number of guanidine groups is 1. The molecule has 166 valence electrons. The maximum atomic E-state index is 12.7. The fourth-order valence-corrected chi connectivity index (χ4v) is 5.20. The van der Waals surface area contributed by atoms with Crippen molar-refractivity contribution in [1.82, 2.24) is 15.5 Å². The number of benzene rings is 1. The molecule has 7 heteroatoms. The smallest absolute Gasteiger partial charge is 0.233 e. The van der Waals surface area contributed by atoms with Crippen LogP contribution in [0, 0.1) is 23.7 Å². The lowest BCUT2D eigenvalue weighted by atomic mass is 9.85. The highest BCUT2D eigenvalue weighted by molar-refractivity contribution is 6.06. The van der Waals surface area contributed by atoms with Gasteiger partial charge in [-0.2, -0.15) is 0 Å². The molecule has 2 amide bonds. The molecule has 2 fully saturated rings. The zero-order valence-corrected chi connectivity index (χ0v) is 18.5. The van der Waals surface area contributed by atoms with Crippen LogP contribution < -0.4 is 15.4 Å². The van der Waals surface area contributed by atoms with E-state index < -0.39 is 0 Å². The lowest BCUT2D eigenvalue weighted by molar-refractivity contribution is -0.140. The van der Waals surface area contributed by atoms with Crippen LogP contribution in [0.4, 0.5) is 0 Å². The topological polar surface area (TPSA) is 83.0 Å². The zero-order chi connectivity index (χ0) is 22.0. The third-order valence-corrected chi connectivity index (χ3v) is 6.97. The van der Waals surface area contributed by atoms with Crippen molar-refractivity contribution in [3.63, 3.8) is 0 Å². The summed E-state index contributed by atoms with van der Waals surface area (Å²) in [6.07, 6.45) is 6.16. The summed E-state index contributed by atoms with van der Waals surface area (Å²) in [5.74, 6) is 2.22. The number of carbonyl (C=O) groups excluding carboxylic acids is 2. The Balaban J connectivity index is 1.20. The number of rotatable bonds is 8. The van der Waals surface area contributed by atoms with Crippen molar-refractivity contribution in [2.45, 2.75) is 25.7 Å². The molecule has 0 radical (unpaired) electrons. The molecule has 1 heterocycles. The number of allylic oxidation sites excluding steroid dienone is 2. The Hall–Kier alpha value is -2.83. The van der Waals surface area contributed by atoms with Crippen LogP contribution in [0.2, 0.25) is 0 Å². The van der Waals surface area contributed by atoms with E-state index in [0.717, 1.165) is 25.1 Å². The van der Waals surface area contributed by atoms with Crippen molar-refractivity contribution in [2.75, 3.05) is 33.8 Å². The van der Waals surface area contributed by atoms with Gasteiger partial charge in [0.25, 0.3) is 0 Å². The monoisotopic (exact) mass is 424 g/mol. The van der Waals surface area contributed by atoms with Crippen molar-refractivity contribution < 1.29 is 14.3 Å². The van der Waals surface area contributed by atoms with Crippen molar-refractivity contribution >= 4 is 17.8 Å². The number of nitrogens with one attached hydrogen (secondary N) is 2. The molecular formula is C24H32N4O3. The van der Waals surface area contributed by atoms with Gasteiger partial charge in [-0.3, -0.25) is 19.5 Å². The first kappa shape index (κ1) is 21.4. The molecule has 1 aromatic carbocycles. The Morgan fingerprint density at radius 3 is 2.29 bits per heavy atom. The molecule has 1 saturated carbocycles. The first-order chi connectivity index (χ1) is 15.0. The Labute approximate surface area is 183 Å². The number of aliphatic imine (C=N–C) groups is 1. The molecule has 31 heavy (non-hydrogen) atoms. The minimum absolute atomic E-state index is 0.00455. The quantitative estimate of drug-likeness (QED) is 0.289. The highest BCUT2D eigenvalue weighted by Crippen LogP contribution is 2.52. The SMILES string of the molecule is CN=C(NCCC(C)c1ccc(OC)cc1)NCCN1C(=O)C2C3C=CC(C3)C2C1=O. The van der Waals surface area contributed by atoms with Crippen LogP contribution in [0.3, 0.4) is 0 Å². The van der Waals surface area contributed by atoms with Crippen LogP contribution in [0.1, 0.15) is 31.2 Å². The molecule has 0 aromatic heterocycles. The average Bonchev–Trinajstić information content (AvgIpc) is 3.47. The fourth-order valence-electron chi connectivity index (χ4n) is 5.20. The summed E-state index contributed by atoms with van der Waals surface area (Å²) in [6, 6.07) is 8.15. The van der Waals surface area contributed by atoms with E-state index in [1.807, 2.05) is 12.1 Å². The van der Waals surface area contributed by atoms with Gasteiger partial charge >= 0.3 is 0 Å². The Bertz CT molecular complexity index is 849. The minimum atomic E-state index is -0.126. The van der Waals surface area contributed by atoms with Gasteiger partial charge in [0.2, 0.25) is 11.8 Å². The number of methoxy groups -OCH3 is 1. The number of hydrogen-bond donors (Lipinski definition) is 2. The van der Waals surface area contributed by atoms with Gasteiger partial charge in [-0.05, 0) is 48.3 Å². The van der Waals surface area contributed by atoms with Gasteiger partial charge in [-0.15, -0.1) is 0 Å². The van der Waals surface area contributed by atoms with E-state index in [-0.39, 0.29) is 35.5 Å². The lowest BCUT2D eigenvalue weighted by Gasteiger charge is -2.19. The largest absolute Gasteiger partial charge is 0.497 e. The molecule has 1 saturated heterocycles. The third kappa shape index (κ3) is 4.18. The first-order valence-electron chi connectivity index (χ1n) is 11.2. The van der Waals surface area contributed by atoms with Crippen molar-refractivity contribution in [3.05, 3.63) is 42.0 Å². The van der Waals surface area contributed by atoms with Gasteiger partial charge in [-0.1, -0.05) is 31.2 Å². The highest BCUT2D eigenvalue weighted by Gasteiger charge is 2.58. The first-order valence-corrected chi connectivity index (χ1v) is 11.2. The predicted octanol–water partition coefficient (Wildman–Crippen LogP) is 2.16. The molecule has 0 spiro atoms. The standard InChI is InChI=1S/C24H32N4O3/c1-15(16-6-8-19(31-3)9-7-16)10-11-26-24(25-2)27-12-13-28-22(29)20-17-4-5-18(14-17)21(20)23(28)30/h4-9,15,17-18,20-21H,10-14H2,1-3H3,(H2,25,26,27). The second-order valence-electron chi connectivity index (χ2n) is 8.72. The van der Waals surface area contributed by atoms with E-state index in [4.69, 9.17) is 4.74 Å². The molecule has 7 nitrogen and oxygen atoms in total. The van der Waals surface area contributed by atoms with E-state index in [1.165, 1.54) is 10.5 Å². The van der Waals surface area contributed by atoms with Crippen molar-refractivity contribution in [3.8, 4) is 5.75 Å². The lowest BCUT2D eigenvalue weighted by Crippen LogP contribution is -2.44. The molecule has 2 aliphatic carbocycles. The molecule has 5 atom stereocenters. The molecule has 5 unspecified atom stereocenters. The van der Waals surface area contributed by atoms with Crippen LogP contribution >= 0.6 is 0 Å². The number of imide groups is 1. The number of fused-ring (bicyclic) bond motifs is 5. The molecule has 1 aromatic rings. The van der Waals surface area contributed by atoms with Crippen LogP contribution in [0.25, 0.3) is 0 Å². The second-order valence-corrected chi connectivity index (χ2v) is 8.72. The summed E-state index contributed by atoms with van der Waals surface area (Å²) in [5, 5.41) is 6.55. The Morgan fingerprint density at radius 2 is 1.71 bits per heavy atom. The third-order valence-electron chi connectivity index (χ3n) is 6.97. The van der Waals surface area contributed by atoms with Crippen LogP contribution in [0.15, 0.2) is 41.4 Å². The van der Waals surface area contributed by atoms with Gasteiger partial charge in [0.1, 0.15) is 5.75 Å². The van der Waals surface area contributed by atoms with E-state index in [1.54, 1.807) is 14.2 Å². The number of nitrogens with zero attached hydrogens (tertiary/aromatic N) is 2. The maximum absolute atomic E-state index is 12.7. The van der Waals surface area contributed by atoms with Gasteiger partial charge in [0.15, 0.2) is 5.96 Å². The zero-order valence-electron chi connectivity index (χ0n) is 18.5. The number of ether oxygens (including phenoxy) is 1. The average molecular weight is 425 g/mol. The van der Waals surface area contributed by atoms with Gasteiger partial charge in [-0.25, -0.2) is 0 Å². The van der Waals surface area contributed by atoms with Gasteiger partial charge < -0.3 is 15.4 Å². The summed E-state index contributed by atoms with van der Waals surface area (Å²) in [7, 11) is 3.39. The molecule has 3 aliphatic rings. The van der Waals surface area contributed by atoms with E-state index in [9.17, 15) is 9.59 Å². The van der Waals surface area contributed by atoms with Crippen molar-refractivity contribution in [1.29, 1.82) is 0 Å². The summed E-state index contributed by atoms with van der Waals surface area (Å²) in [4.78, 5) is 31.2. The van der Waals surface area contributed by atoms with E-state index in [0.29, 0.717) is 25.0 Å². The maximum Gasteiger partial charge on any atom is 0.233 e. The van der Waals surface area contributed by atoms with Crippen molar-refractivity contribution in [2.24, 2.45) is 28.7 Å². The van der Waals surface area contributed by atoms with Gasteiger partial charge in [0.05, 0.1) is 18.9 Å². The minimum Gasteiger partial charge on any atom is -0.497 e. The number of amides is 2. The van der Waals surface area contributed by atoms with E-state index in [2.05, 4.69) is 46.8 Å². The highest BCUT2D eigenvalue weighted by atomic mass is 16.5. The molecule has 1 aliphatic heterocycles. The number of hydrogen-bond acceptors (Lipinski definition) is 4. The Morgan fingerprint density at radius 1 is 1.10 bits per heavy atom. The van der Waals surface area contributed by atoms with Crippen LogP contribution in [0.5, 0.6) is 5.75 Å². The summed E-state index contributed by atoms with van der Waals surface area (Å²) >= 11 is 0. The van der Waals surface area contributed by atoms with Crippen LogP contribution in [-0.2, 0) is 9.59 Å². The molecule has 2 N–H and O–H groups in total. The fraction of sp³-hybridized carbons (Fsp3) is 0.542. The number of carbonyl (C=O) groups is 2. The van der Waals surface area contributed by atoms with Gasteiger partial charge in [0, 0.05) is 26.7 Å².